The summed E-state index contributed by atoms with van der Waals surface area (Å²) < 4.78 is 27.4. The molecular formula is C25H43NO18. The third kappa shape index (κ3) is 6.96. The molecule has 0 bridgehead atoms. The molecule has 19 nitrogen and oxygen atoms in total. The Morgan fingerprint density at radius 3 is 1.73 bits per heavy atom. The molecule has 0 amide bonds. The highest BCUT2D eigenvalue weighted by Gasteiger charge is 2.53. The van der Waals surface area contributed by atoms with Crippen molar-refractivity contribution in [3.8, 4) is 0 Å². The van der Waals surface area contributed by atoms with E-state index < -0.39 is 136 Å². The Morgan fingerprint density at radius 1 is 0.636 bits per heavy atom. The maximum atomic E-state index is 10.9. The highest BCUT2D eigenvalue weighted by Crippen LogP contribution is 2.32. The van der Waals surface area contributed by atoms with Crippen LogP contribution in [0.5, 0.6) is 0 Å². The van der Waals surface area contributed by atoms with Crippen LogP contribution >= 0.6 is 0 Å². The summed E-state index contributed by atoms with van der Waals surface area (Å²) in [7, 11) is 0. The number of hydrogen-bond acceptors (Lipinski definition) is 19. The van der Waals surface area contributed by atoms with Gasteiger partial charge in [-0.2, -0.15) is 0 Å². The number of aliphatic hydroxyl groups excluding tert-OH is 13. The van der Waals surface area contributed by atoms with E-state index in [2.05, 4.69) is 5.32 Å². The summed E-state index contributed by atoms with van der Waals surface area (Å²) >= 11 is 0. The van der Waals surface area contributed by atoms with Crippen LogP contribution in [0, 0.1) is 0 Å². The summed E-state index contributed by atoms with van der Waals surface area (Å²) in [6, 6.07) is -2.17. The van der Waals surface area contributed by atoms with Crippen molar-refractivity contribution in [1.29, 1.82) is 0 Å². The van der Waals surface area contributed by atoms with Gasteiger partial charge < -0.3 is 95.4 Å². The summed E-state index contributed by atoms with van der Waals surface area (Å²) in [6.45, 7) is -0.753. The van der Waals surface area contributed by atoms with E-state index >= 15 is 0 Å². The van der Waals surface area contributed by atoms with Crippen LogP contribution in [0.4, 0.5) is 0 Å². The summed E-state index contributed by atoms with van der Waals surface area (Å²) in [5.74, 6) is 0. The zero-order valence-electron chi connectivity index (χ0n) is 23.5. The fourth-order valence-electron chi connectivity index (χ4n) is 5.81. The molecule has 4 rings (SSSR count). The molecule has 0 aromatic carbocycles. The largest absolute Gasteiger partial charge is 0.394 e. The lowest BCUT2D eigenvalue weighted by Crippen LogP contribution is -2.68. The van der Waals surface area contributed by atoms with Crippen molar-refractivity contribution >= 4 is 0 Å². The Hall–Kier alpha value is -1.02. The molecule has 19 atom stereocenters. The number of aliphatic hydroxyl groups is 13. The van der Waals surface area contributed by atoms with Crippen molar-refractivity contribution in [2.24, 2.45) is 0 Å². The van der Waals surface area contributed by atoms with Gasteiger partial charge in [0.2, 0.25) is 0 Å². The van der Waals surface area contributed by atoms with Crippen molar-refractivity contribution in [2.75, 3.05) is 19.8 Å². The molecule has 3 aliphatic heterocycles. The van der Waals surface area contributed by atoms with Crippen LogP contribution < -0.4 is 5.32 Å². The zero-order valence-corrected chi connectivity index (χ0v) is 23.5. The van der Waals surface area contributed by atoms with Gasteiger partial charge in [0.1, 0.15) is 79.4 Å². The molecule has 44 heavy (non-hydrogen) atoms. The van der Waals surface area contributed by atoms with Gasteiger partial charge in [0.05, 0.1) is 38.0 Å². The maximum absolute atomic E-state index is 10.9. The molecule has 19 heteroatoms. The maximum Gasteiger partial charge on any atom is 0.187 e. The zero-order chi connectivity index (χ0) is 32.6. The predicted molar refractivity (Wildman–Crippen MR) is 138 cm³/mol. The first-order valence-corrected chi connectivity index (χ1v) is 14.1. The average Bonchev–Trinajstić information content (AvgIpc) is 3.00. The predicted octanol–water partition coefficient (Wildman–Crippen LogP) is -8.56. The van der Waals surface area contributed by atoms with Crippen LogP contribution in [-0.2, 0) is 23.7 Å². The first kappa shape index (κ1) is 35.8. The minimum Gasteiger partial charge on any atom is -0.394 e. The van der Waals surface area contributed by atoms with E-state index in [-0.39, 0.29) is 5.57 Å². The van der Waals surface area contributed by atoms with E-state index in [0.717, 1.165) is 0 Å². The van der Waals surface area contributed by atoms with E-state index in [1.54, 1.807) is 0 Å². The molecule has 0 radical (unpaired) electrons. The molecule has 0 spiro atoms. The molecule has 256 valence electrons. The molecule has 3 heterocycles. The molecule has 0 saturated carbocycles. The van der Waals surface area contributed by atoms with Crippen molar-refractivity contribution in [1.82, 2.24) is 5.32 Å². The van der Waals surface area contributed by atoms with E-state index in [0.29, 0.717) is 0 Å². The lowest BCUT2D eigenvalue weighted by atomic mass is 9.86. The average molecular weight is 646 g/mol. The molecule has 8 unspecified atom stereocenters. The molecule has 14 N–H and O–H groups in total. The monoisotopic (exact) mass is 645 g/mol. The van der Waals surface area contributed by atoms with Crippen LogP contribution in [0.3, 0.4) is 0 Å². The quantitative estimate of drug-likeness (QED) is 0.103. The number of nitrogens with one attached hydrogen (secondary N) is 1. The minimum atomic E-state index is -1.93. The molecule has 3 saturated heterocycles. The van der Waals surface area contributed by atoms with Gasteiger partial charge in [0, 0.05) is 0 Å². The lowest BCUT2D eigenvalue weighted by Gasteiger charge is -2.48. The second-order valence-electron chi connectivity index (χ2n) is 11.4. The molecule has 0 aromatic heterocycles. The van der Waals surface area contributed by atoms with E-state index in [9.17, 15) is 66.4 Å². The third-order valence-corrected chi connectivity index (χ3v) is 8.48. The number of hydrogen-bond donors (Lipinski definition) is 14. The topological polar surface area (TPSA) is 321 Å². The fraction of sp³-hybridized carbons (Fsp3) is 0.920. The van der Waals surface area contributed by atoms with Crippen LogP contribution in [0.15, 0.2) is 11.6 Å². The first-order chi connectivity index (χ1) is 20.7. The van der Waals surface area contributed by atoms with Crippen LogP contribution in [0.25, 0.3) is 0 Å². The fourth-order valence-corrected chi connectivity index (χ4v) is 5.81. The van der Waals surface area contributed by atoms with Gasteiger partial charge in [-0.05, 0) is 12.5 Å². The normalized spacial score (nSPS) is 52.0. The van der Waals surface area contributed by atoms with Gasteiger partial charge in [-0.25, -0.2) is 0 Å². The first-order valence-electron chi connectivity index (χ1n) is 14.1. The Kier molecular flexibility index (Phi) is 12.1. The third-order valence-electron chi connectivity index (χ3n) is 8.48. The van der Waals surface area contributed by atoms with Gasteiger partial charge >= 0.3 is 0 Å². The summed E-state index contributed by atoms with van der Waals surface area (Å²) in [5.41, 5.74) is 0.0225. The van der Waals surface area contributed by atoms with Crippen molar-refractivity contribution < 1.29 is 90.1 Å². The van der Waals surface area contributed by atoms with E-state index in [4.69, 9.17) is 23.7 Å². The van der Waals surface area contributed by atoms with Gasteiger partial charge in [-0.3, -0.25) is 0 Å². The second kappa shape index (κ2) is 14.8. The standard InChI is InChI=1S/C25H43NO18/c1-6-11(26-8-2-7(3-27)12(30)15(33)13(8)31)14(32)19(37)24(40-6)43-22-10(5-29)42-25(20(38)17(22)35)44-21-9(4-28)41-23(39)18(36)16(21)34/h2,6,8-39H,3-5H2,1H3/t6?,8-,9?,10?,11+,12+,13-,14?,15?,16?,17?,18+,19+,20+,21+,22+,23?,24+,25+/m1/s1. The summed E-state index contributed by atoms with van der Waals surface area (Å²) in [5, 5.41) is 136. The van der Waals surface area contributed by atoms with Gasteiger partial charge in [-0.15, -0.1) is 0 Å². The Morgan fingerprint density at radius 2 is 1.16 bits per heavy atom. The van der Waals surface area contributed by atoms with Crippen molar-refractivity contribution in [2.45, 2.75) is 123 Å². The smallest absolute Gasteiger partial charge is 0.187 e. The Balaban J connectivity index is 1.42. The highest BCUT2D eigenvalue weighted by atomic mass is 16.7. The minimum absolute atomic E-state index is 0.0225. The summed E-state index contributed by atoms with van der Waals surface area (Å²) in [6.07, 6.45) is -26.6. The number of ether oxygens (including phenoxy) is 5. The van der Waals surface area contributed by atoms with Gasteiger partial charge in [0.25, 0.3) is 0 Å². The SMILES string of the molecule is CC1O[C@@H](O[C@H]2C(CO)O[C@@H](O[C@H]3C(CO)OC(O)[C@@H](O)C3O)[C@@H](O)C2O)[C@@H](O)C(O)[C@H]1N[C@@H]1C=C(CO)[C@H](O)C(O)[C@@H]1O. The molecular weight excluding hydrogens is 602 g/mol. The lowest BCUT2D eigenvalue weighted by molar-refractivity contribution is -0.373. The van der Waals surface area contributed by atoms with Gasteiger partial charge in [-0.1, -0.05) is 6.08 Å². The number of rotatable bonds is 9. The van der Waals surface area contributed by atoms with Gasteiger partial charge in [0.15, 0.2) is 18.9 Å². The van der Waals surface area contributed by atoms with Crippen LogP contribution in [-0.4, -0.2) is 203 Å². The van der Waals surface area contributed by atoms with Crippen LogP contribution in [0.1, 0.15) is 6.92 Å². The molecule has 0 aromatic rings. The summed E-state index contributed by atoms with van der Waals surface area (Å²) in [4.78, 5) is 0. The van der Waals surface area contributed by atoms with E-state index in [1.165, 1.54) is 13.0 Å². The molecule has 1 aliphatic carbocycles. The second-order valence-corrected chi connectivity index (χ2v) is 11.4. The van der Waals surface area contributed by atoms with Crippen molar-refractivity contribution in [3.05, 3.63) is 11.6 Å². The highest BCUT2D eigenvalue weighted by molar-refractivity contribution is 5.22. The molecule has 4 aliphatic rings. The van der Waals surface area contributed by atoms with E-state index in [1.807, 2.05) is 0 Å². The Bertz CT molecular complexity index is 958. The molecule has 3 fully saturated rings. The van der Waals surface area contributed by atoms with Crippen LogP contribution in [0.2, 0.25) is 0 Å². The van der Waals surface area contributed by atoms with Crippen molar-refractivity contribution in [3.63, 3.8) is 0 Å². The Labute approximate surface area is 250 Å².